The molecular weight excluding hydrogens is 290 g/mol. The summed E-state index contributed by atoms with van der Waals surface area (Å²) in [5.41, 5.74) is 0.715. The summed E-state index contributed by atoms with van der Waals surface area (Å²) in [7, 11) is -3.83. The van der Waals surface area contributed by atoms with Crippen molar-refractivity contribution in [3.63, 3.8) is 0 Å². The van der Waals surface area contributed by atoms with Crippen LogP contribution in [0.3, 0.4) is 0 Å². The van der Waals surface area contributed by atoms with Gasteiger partial charge < -0.3 is 4.74 Å². The van der Waals surface area contributed by atoms with Crippen molar-refractivity contribution in [2.24, 2.45) is 5.14 Å². The Hall–Kier alpha value is -1.40. The molecule has 0 radical (unpaired) electrons. The van der Waals surface area contributed by atoms with E-state index in [1.807, 2.05) is 0 Å². The highest BCUT2D eigenvalue weighted by atomic mass is 32.2. The molecule has 0 bridgehead atoms. The summed E-state index contributed by atoms with van der Waals surface area (Å²) in [4.78, 5) is 11.8. The van der Waals surface area contributed by atoms with Gasteiger partial charge in [-0.2, -0.15) is 0 Å². The van der Waals surface area contributed by atoms with Crippen molar-refractivity contribution in [2.45, 2.75) is 50.8 Å². The summed E-state index contributed by atoms with van der Waals surface area (Å²) in [6.45, 7) is 4.12. The Morgan fingerprint density at radius 2 is 1.86 bits per heavy atom. The third-order valence-corrected chi connectivity index (χ3v) is 4.26. The fraction of sp³-hybridized carbons (Fsp3) is 0.533. The highest BCUT2D eigenvalue weighted by Crippen LogP contribution is 2.16. The predicted molar refractivity (Wildman–Crippen MR) is 81.6 cm³/mol. The zero-order valence-electron chi connectivity index (χ0n) is 12.6. The SMILES string of the molecule is CCCCCCCOC(=O)c1ccc(C)c(S(N)(=O)=O)c1. The number of carbonyl (C=O) groups excluding carboxylic acids is 1. The summed E-state index contributed by atoms with van der Waals surface area (Å²) in [5, 5.41) is 5.11. The minimum atomic E-state index is -3.83. The zero-order chi connectivity index (χ0) is 15.9. The molecule has 1 rings (SSSR count). The average molecular weight is 313 g/mol. The van der Waals surface area contributed by atoms with Crippen LogP contribution in [0, 0.1) is 6.92 Å². The maximum atomic E-state index is 11.9. The van der Waals surface area contributed by atoms with E-state index in [1.54, 1.807) is 19.1 Å². The molecule has 0 spiro atoms. The number of nitrogens with two attached hydrogens (primary N) is 1. The van der Waals surface area contributed by atoms with Crippen molar-refractivity contribution >= 4 is 16.0 Å². The molecule has 0 aliphatic carbocycles. The maximum absolute atomic E-state index is 11.9. The molecule has 0 atom stereocenters. The summed E-state index contributed by atoms with van der Waals surface area (Å²) in [5.74, 6) is -0.518. The van der Waals surface area contributed by atoms with Gasteiger partial charge in [0.25, 0.3) is 0 Å². The first-order valence-electron chi connectivity index (χ1n) is 7.17. The van der Waals surface area contributed by atoms with Crippen molar-refractivity contribution in [1.82, 2.24) is 0 Å². The van der Waals surface area contributed by atoms with Gasteiger partial charge in [-0.1, -0.05) is 38.7 Å². The van der Waals surface area contributed by atoms with E-state index in [2.05, 4.69) is 6.92 Å². The molecule has 0 saturated heterocycles. The number of benzene rings is 1. The first kappa shape index (κ1) is 17.7. The molecular formula is C15H23NO4S. The quantitative estimate of drug-likeness (QED) is 0.590. The van der Waals surface area contributed by atoms with E-state index in [9.17, 15) is 13.2 Å². The Morgan fingerprint density at radius 1 is 1.19 bits per heavy atom. The molecule has 0 amide bonds. The van der Waals surface area contributed by atoms with Gasteiger partial charge in [0.05, 0.1) is 17.1 Å². The number of carbonyl (C=O) groups is 1. The van der Waals surface area contributed by atoms with Crippen LogP contribution < -0.4 is 5.14 Å². The highest BCUT2D eigenvalue weighted by Gasteiger charge is 2.15. The molecule has 0 unspecified atom stereocenters. The molecule has 0 saturated carbocycles. The Balaban J connectivity index is 2.59. The van der Waals surface area contributed by atoms with Crippen LogP contribution in [0.25, 0.3) is 0 Å². The number of primary sulfonamides is 1. The van der Waals surface area contributed by atoms with E-state index in [4.69, 9.17) is 9.88 Å². The lowest BCUT2D eigenvalue weighted by atomic mass is 10.1. The van der Waals surface area contributed by atoms with Gasteiger partial charge in [-0.15, -0.1) is 0 Å². The molecule has 21 heavy (non-hydrogen) atoms. The summed E-state index contributed by atoms with van der Waals surface area (Å²) in [6, 6.07) is 4.37. The number of rotatable bonds is 8. The number of aryl methyl sites for hydroxylation is 1. The van der Waals surface area contributed by atoms with Gasteiger partial charge in [0.15, 0.2) is 0 Å². The van der Waals surface area contributed by atoms with Crippen molar-refractivity contribution < 1.29 is 17.9 Å². The lowest BCUT2D eigenvalue weighted by Gasteiger charge is -2.08. The van der Waals surface area contributed by atoms with Gasteiger partial charge >= 0.3 is 5.97 Å². The van der Waals surface area contributed by atoms with Gasteiger partial charge in [0, 0.05) is 0 Å². The molecule has 0 heterocycles. The second-order valence-corrected chi connectivity index (χ2v) is 6.61. The summed E-state index contributed by atoms with van der Waals surface area (Å²) < 4.78 is 28.0. The first-order valence-corrected chi connectivity index (χ1v) is 8.71. The third-order valence-electron chi connectivity index (χ3n) is 3.21. The molecule has 5 nitrogen and oxygen atoms in total. The Labute approximate surface area is 126 Å². The van der Waals surface area contributed by atoms with Crippen molar-refractivity contribution in [1.29, 1.82) is 0 Å². The molecule has 0 aliphatic heterocycles. The molecule has 1 aromatic carbocycles. The highest BCUT2D eigenvalue weighted by molar-refractivity contribution is 7.89. The molecule has 2 N–H and O–H groups in total. The van der Waals surface area contributed by atoms with E-state index in [0.29, 0.717) is 12.2 Å². The first-order chi connectivity index (χ1) is 9.86. The second-order valence-electron chi connectivity index (χ2n) is 5.08. The van der Waals surface area contributed by atoms with Crippen LogP contribution in [0.1, 0.15) is 54.9 Å². The number of unbranched alkanes of at least 4 members (excludes halogenated alkanes) is 4. The van der Waals surface area contributed by atoms with Crippen molar-refractivity contribution in [2.75, 3.05) is 6.61 Å². The molecule has 1 aromatic rings. The third kappa shape index (κ3) is 5.85. The molecule has 118 valence electrons. The number of esters is 1. The van der Waals surface area contributed by atoms with E-state index < -0.39 is 16.0 Å². The Morgan fingerprint density at radius 3 is 2.48 bits per heavy atom. The lowest BCUT2D eigenvalue weighted by molar-refractivity contribution is 0.0497. The number of hydrogen-bond donors (Lipinski definition) is 1. The van der Waals surface area contributed by atoms with E-state index in [1.165, 1.54) is 18.9 Å². The maximum Gasteiger partial charge on any atom is 0.338 e. The zero-order valence-corrected chi connectivity index (χ0v) is 13.4. The van der Waals surface area contributed by atoms with Gasteiger partial charge in [-0.25, -0.2) is 18.4 Å². The average Bonchev–Trinajstić information content (AvgIpc) is 2.41. The van der Waals surface area contributed by atoms with Crippen LogP contribution in [0.15, 0.2) is 23.1 Å². The van der Waals surface area contributed by atoms with Crippen LogP contribution >= 0.6 is 0 Å². The molecule has 0 aliphatic rings. The fourth-order valence-corrected chi connectivity index (χ4v) is 2.80. The van der Waals surface area contributed by atoms with Gasteiger partial charge in [-0.3, -0.25) is 0 Å². The summed E-state index contributed by atoms with van der Waals surface area (Å²) >= 11 is 0. The van der Waals surface area contributed by atoms with E-state index >= 15 is 0 Å². The van der Waals surface area contributed by atoms with Crippen molar-refractivity contribution in [3.05, 3.63) is 29.3 Å². The standard InChI is InChI=1S/C15H23NO4S/c1-3-4-5-6-7-10-20-15(17)13-9-8-12(2)14(11-13)21(16,18)19/h8-9,11H,3-7,10H2,1-2H3,(H2,16,18,19). The van der Waals surface area contributed by atoms with Gasteiger partial charge in [-0.05, 0) is 31.0 Å². The minimum Gasteiger partial charge on any atom is -0.462 e. The fourth-order valence-electron chi connectivity index (χ4n) is 1.99. The van der Waals surface area contributed by atoms with Crippen LogP contribution in [0.4, 0.5) is 0 Å². The van der Waals surface area contributed by atoms with E-state index in [0.717, 1.165) is 19.3 Å². The van der Waals surface area contributed by atoms with Gasteiger partial charge in [0.1, 0.15) is 0 Å². The predicted octanol–water partition coefficient (Wildman–Crippen LogP) is 2.77. The summed E-state index contributed by atoms with van der Waals surface area (Å²) in [6.07, 6.45) is 5.33. The smallest absolute Gasteiger partial charge is 0.338 e. The molecule has 6 heteroatoms. The van der Waals surface area contributed by atoms with Crippen LogP contribution in [-0.2, 0) is 14.8 Å². The monoisotopic (exact) mass is 313 g/mol. The Kier molecular flexibility index (Phi) is 6.84. The topological polar surface area (TPSA) is 86.5 Å². The largest absolute Gasteiger partial charge is 0.462 e. The van der Waals surface area contributed by atoms with Gasteiger partial charge in [0.2, 0.25) is 10.0 Å². The van der Waals surface area contributed by atoms with Crippen molar-refractivity contribution in [3.8, 4) is 0 Å². The van der Waals surface area contributed by atoms with E-state index in [-0.39, 0.29) is 10.5 Å². The lowest BCUT2D eigenvalue weighted by Crippen LogP contribution is -2.15. The van der Waals surface area contributed by atoms with Crippen LogP contribution in [0.5, 0.6) is 0 Å². The molecule has 0 fully saturated rings. The van der Waals surface area contributed by atoms with Crippen LogP contribution in [-0.4, -0.2) is 21.0 Å². The minimum absolute atomic E-state index is 0.0418. The number of ether oxygens (including phenoxy) is 1. The number of hydrogen-bond acceptors (Lipinski definition) is 4. The van der Waals surface area contributed by atoms with Crippen LogP contribution in [0.2, 0.25) is 0 Å². The Bertz CT molecular complexity index is 581. The normalized spacial score (nSPS) is 11.4. The second kappa shape index (κ2) is 8.14. The molecule has 0 aromatic heterocycles. The number of sulfonamides is 1.